The number of nitrogen functional groups attached to an aromatic ring is 1. The molecule has 17 heavy (non-hydrogen) atoms. The second-order valence-corrected chi connectivity index (χ2v) is 4.36. The van der Waals surface area contributed by atoms with Gasteiger partial charge in [-0.1, -0.05) is 0 Å². The number of ether oxygens (including phenoxy) is 1. The topological polar surface area (TPSA) is 71.1 Å². The van der Waals surface area contributed by atoms with Gasteiger partial charge >= 0.3 is 0 Å². The third-order valence-corrected chi connectivity index (χ3v) is 2.79. The molecule has 1 aliphatic rings. The van der Waals surface area contributed by atoms with Crippen molar-refractivity contribution >= 4 is 11.4 Å². The molecule has 4 heteroatoms. The van der Waals surface area contributed by atoms with Crippen molar-refractivity contribution in [2.45, 2.75) is 12.8 Å². The fraction of sp³-hybridized carbons (Fsp3) is 0.462. The molecule has 1 aromatic rings. The lowest BCUT2D eigenvalue weighted by Gasteiger charge is -2.09. The number of nitriles is 1. The van der Waals surface area contributed by atoms with Crippen LogP contribution in [0.3, 0.4) is 0 Å². The first-order chi connectivity index (χ1) is 8.29. The van der Waals surface area contributed by atoms with E-state index in [-0.39, 0.29) is 0 Å². The van der Waals surface area contributed by atoms with Gasteiger partial charge < -0.3 is 15.8 Å². The Labute approximate surface area is 101 Å². The molecule has 1 fully saturated rings. The lowest BCUT2D eigenvalue weighted by molar-refractivity contribution is 0.134. The minimum atomic E-state index is 0.612. The van der Waals surface area contributed by atoms with Crippen LogP contribution in [0.25, 0.3) is 0 Å². The van der Waals surface area contributed by atoms with E-state index in [4.69, 9.17) is 15.7 Å². The van der Waals surface area contributed by atoms with Gasteiger partial charge in [0.1, 0.15) is 0 Å². The standard InChI is InChI=1S/C13H17N3O/c14-8-11-3-4-12(15)13(7-11)16-5-6-17-9-10-1-2-10/h3-4,7,10,16H,1-2,5-6,9,15H2. The SMILES string of the molecule is N#Cc1ccc(N)c(NCCOCC2CC2)c1. The van der Waals surface area contributed by atoms with Crippen molar-refractivity contribution in [1.82, 2.24) is 0 Å². The van der Waals surface area contributed by atoms with Crippen molar-refractivity contribution < 1.29 is 4.74 Å². The van der Waals surface area contributed by atoms with Crippen LogP contribution in [0.5, 0.6) is 0 Å². The molecule has 4 nitrogen and oxygen atoms in total. The number of hydrogen-bond donors (Lipinski definition) is 2. The molecule has 1 saturated carbocycles. The van der Waals surface area contributed by atoms with E-state index in [1.54, 1.807) is 18.2 Å². The molecule has 0 radical (unpaired) electrons. The summed E-state index contributed by atoms with van der Waals surface area (Å²) >= 11 is 0. The molecule has 0 heterocycles. The van der Waals surface area contributed by atoms with E-state index in [1.807, 2.05) is 0 Å². The summed E-state index contributed by atoms with van der Waals surface area (Å²) in [7, 11) is 0. The molecule has 1 aliphatic carbocycles. The van der Waals surface area contributed by atoms with Crippen LogP contribution in [-0.2, 0) is 4.74 Å². The zero-order valence-electron chi connectivity index (χ0n) is 9.78. The predicted octanol–water partition coefficient (Wildman–Crippen LogP) is 1.98. The Balaban J connectivity index is 1.75. The zero-order valence-corrected chi connectivity index (χ0v) is 9.78. The molecule has 0 saturated heterocycles. The van der Waals surface area contributed by atoms with Gasteiger partial charge in [0.05, 0.1) is 29.6 Å². The Bertz CT molecular complexity index is 421. The average Bonchev–Trinajstić information content (AvgIpc) is 3.15. The highest BCUT2D eigenvalue weighted by Gasteiger charge is 2.20. The Kier molecular flexibility index (Phi) is 3.84. The molecule has 0 atom stereocenters. The highest BCUT2D eigenvalue weighted by molar-refractivity contribution is 5.68. The van der Waals surface area contributed by atoms with E-state index in [0.29, 0.717) is 24.4 Å². The van der Waals surface area contributed by atoms with Crippen LogP contribution in [0.2, 0.25) is 0 Å². The molecule has 0 spiro atoms. The summed E-state index contributed by atoms with van der Waals surface area (Å²) in [4.78, 5) is 0. The molecule has 0 unspecified atom stereocenters. The Hall–Kier alpha value is -1.73. The molecule has 0 aliphatic heterocycles. The van der Waals surface area contributed by atoms with Crippen LogP contribution >= 0.6 is 0 Å². The molecule has 1 aromatic carbocycles. The van der Waals surface area contributed by atoms with Crippen LogP contribution in [-0.4, -0.2) is 19.8 Å². The number of hydrogen-bond acceptors (Lipinski definition) is 4. The smallest absolute Gasteiger partial charge is 0.0992 e. The number of anilines is 2. The maximum absolute atomic E-state index is 8.79. The number of benzene rings is 1. The van der Waals surface area contributed by atoms with Gasteiger partial charge in [0.2, 0.25) is 0 Å². The van der Waals surface area contributed by atoms with Crippen molar-refractivity contribution in [3.63, 3.8) is 0 Å². The van der Waals surface area contributed by atoms with Crippen LogP contribution in [0.4, 0.5) is 11.4 Å². The van der Waals surface area contributed by atoms with Gasteiger partial charge in [-0.3, -0.25) is 0 Å². The van der Waals surface area contributed by atoms with Gasteiger partial charge in [0, 0.05) is 13.2 Å². The predicted molar refractivity (Wildman–Crippen MR) is 67.6 cm³/mol. The molecular weight excluding hydrogens is 214 g/mol. The Morgan fingerprint density at radius 1 is 1.47 bits per heavy atom. The number of nitrogens with two attached hydrogens (primary N) is 1. The van der Waals surface area contributed by atoms with Gasteiger partial charge in [0.25, 0.3) is 0 Å². The average molecular weight is 231 g/mol. The second kappa shape index (κ2) is 5.55. The summed E-state index contributed by atoms with van der Waals surface area (Å²) in [6.07, 6.45) is 2.62. The van der Waals surface area contributed by atoms with Gasteiger partial charge in [-0.25, -0.2) is 0 Å². The quantitative estimate of drug-likeness (QED) is 0.580. The van der Waals surface area contributed by atoms with Crippen LogP contribution in [0.1, 0.15) is 18.4 Å². The van der Waals surface area contributed by atoms with Gasteiger partial charge in [-0.15, -0.1) is 0 Å². The Morgan fingerprint density at radius 2 is 2.29 bits per heavy atom. The zero-order chi connectivity index (χ0) is 12.1. The van der Waals surface area contributed by atoms with Crippen molar-refractivity contribution in [2.75, 3.05) is 30.8 Å². The second-order valence-electron chi connectivity index (χ2n) is 4.36. The summed E-state index contributed by atoms with van der Waals surface area (Å²) < 4.78 is 5.51. The molecule has 0 aromatic heterocycles. The third-order valence-electron chi connectivity index (χ3n) is 2.79. The van der Waals surface area contributed by atoms with Crippen LogP contribution < -0.4 is 11.1 Å². The van der Waals surface area contributed by atoms with Gasteiger partial charge in [0.15, 0.2) is 0 Å². The molecule has 90 valence electrons. The van der Waals surface area contributed by atoms with Crippen LogP contribution in [0, 0.1) is 17.2 Å². The summed E-state index contributed by atoms with van der Waals surface area (Å²) in [6.45, 7) is 2.26. The fourth-order valence-corrected chi connectivity index (χ4v) is 1.57. The van der Waals surface area contributed by atoms with E-state index in [1.165, 1.54) is 12.8 Å². The van der Waals surface area contributed by atoms with Crippen molar-refractivity contribution in [3.05, 3.63) is 23.8 Å². The lowest BCUT2D eigenvalue weighted by Crippen LogP contribution is -2.11. The number of nitrogens with zero attached hydrogens (tertiary/aromatic N) is 1. The first-order valence-electron chi connectivity index (χ1n) is 5.91. The van der Waals surface area contributed by atoms with Gasteiger partial charge in [-0.05, 0) is 37.0 Å². The minimum absolute atomic E-state index is 0.612. The van der Waals surface area contributed by atoms with Crippen molar-refractivity contribution in [2.24, 2.45) is 5.92 Å². The summed E-state index contributed by atoms with van der Waals surface area (Å²) in [6, 6.07) is 7.31. The number of nitrogens with one attached hydrogen (secondary N) is 1. The minimum Gasteiger partial charge on any atom is -0.397 e. The van der Waals surface area contributed by atoms with Crippen molar-refractivity contribution in [3.8, 4) is 6.07 Å². The fourth-order valence-electron chi connectivity index (χ4n) is 1.57. The Morgan fingerprint density at radius 3 is 3.00 bits per heavy atom. The van der Waals surface area contributed by atoms with E-state index in [0.717, 1.165) is 18.2 Å². The largest absolute Gasteiger partial charge is 0.397 e. The maximum Gasteiger partial charge on any atom is 0.0992 e. The third kappa shape index (κ3) is 3.65. The molecule has 0 bridgehead atoms. The lowest BCUT2D eigenvalue weighted by atomic mass is 10.2. The molecule has 2 rings (SSSR count). The molecule has 3 N–H and O–H groups in total. The first kappa shape index (κ1) is 11.7. The van der Waals surface area contributed by atoms with Gasteiger partial charge in [-0.2, -0.15) is 5.26 Å². The monoisotopic (exact) mass is 231 g/mol. The van der Waals surface area contributed by atoms with E-state index in [9.17, 15) is 0 Å². The van der Waals surface area contributed by atoms with Crippen LogP contribution in [0.15, 0.2) is 18.2 Å². The van der Waals surface area contributed by atoms with E-state index in [2.05, 4.69) is 11.4 Å². The van der Waals surface area contributed by atoms with Crippen molar-refractivity contribution in [1.29, 1.82) is 5.26 Å². The number of rotatable bonds is 6. The maximum atomic E-state index is 8.79. The highest BCUT2D eigenvalue weighted by Crippen LogP contribution is 2.28. The molecular formula is C13H17N3O. The molecule has 0 amide bonds. The summed E-state index contributed by atoms with van der Waals surface area (Å²) in [5.74, 6) is 0.794. The highest BCUT2D eigenvalue weighted by atomic mass is 16.5. The van der Waals surface area contributed by atoms with E-state index >= 15 is 0 Å². The first-order valence-corrected chi connectivity index (χ1v) is 5.91. The summed E-state index contributed by atoms with van der Waals surface area (Å²) in [5.41, 5.74) is 7.88. The summed E-state index contributed by atoms with van der Waals surface area (Å²) in [5, 5.41) is 12.0. The normalized spacial score (nSPS) is 14.3. The van der Waals surface area contributed by atoms with E-state index < -0.39 is 0 Å².